The molecule has 0 aliphatic carbocycles. The summed E-state index contributed by atoms with van der Waals surface area (Å²) in [6.45, 7) is 4.30. The first-order valence-electron chi connectivity index (χ1n) is 6.51. The Balaban J connectivity index is 1.93. The standard InChI is InChI=1S/C13H21N3OS/c1-10-5-4-6-11(2)16(10)12(17)9-18-13-14-7-8-15(13)3/h7-8,10-11H,4-6,9H2,1-3H3. The Morgan fingerprint density at radius 3 is 2.67 bits per heavy atom. The summed E-state index contributed by atoms with van der Waals surface area (Å²) in [6, 6.07) is 0.756. The smallest absolute Gasteiger partial charge is 0.233 e. The molecule has 1 aromatic rings. The minimum absolute atomic E-state index is 0.239. The molecule has 18 heavy (non-hydrogen) atoms. The molecule has 0 radical (unpaired) electrons. The van der Waals surface area contributed by atoms with Crippen LogP contribution < -0.4 is 0 Å². The predicted molar refractivity (Wildman–Crippen MR) is 73.6 cm³/mol. The molecular formula is C13H21N3OS. The van der Waals surface area contributed by atoms with E-state index in [0.29, 0.717) is 17.8 Å². The van der Waals surface area contributed by atoms with Crippen LogP contribution >= 0.6 is 11.8 Å². The fourth-order valence-electron chi connectivity index (χ4n) is 2.60. The second kappa shape index (κ2) is 5.78. The zero-order chi connectivity index (χ0) is 13.1. The number of imidazole rings is 1. The van der Waals surface area contributed by atoms with Gasteiger partial charge in [0.25, 0.3) is 0 Å². The molecule has 0 aromatic carbocycles. The van der Waals surface area contributed by atoms with Crippen LogP contribution in [0.2, 0.25) is 0 Å². The molecule has 0 spiro atoms. The van der Waals surface area contributed by atoms with Crippen LogP contribution in [0.4, 0.5) is 0 Å². The van der Waals surface area contributed by atoms with Crippen molar-refractivity contribution < 1.29 is 4.79 Å². The summed E-state index contributed by atoms with van der Waals surface area (Å²) in [5, 5.41) is 0.903. The third-order valence-electron chi connectivity index (χ3n) is 3.58. The lowest BCUT2D eigenvalue weighted by Gasteiger charge is -2.39. The fourth-order valence-corrected chi connectivity index (χ4v) is 3.41. The Bertz CT molecular complexity index is 408. The molecule has 2 atom stereocenters. The summed E-state index contributed by atoms with van der Waals surface area (Å²) in [5.74, 6) is 0.724. The van der Waals surface area contributed by atoms with E-state index in [1.807, 2.05) is 17.8 Å². The van der Waals surface area contributed by atoms with E-state index in [4.69, 9.17) is 0 Å². The number of hydrogen-bond acceptors (Lipinski definition) is 3. The van der Waals surface area contributed by atoms with Gasteiger partial charge in [-0.05, 0) is 33.1 Å². The third kappa shape index (κ3) is 2.88. The van der Waals surface area contributed by atoms with Gasteiger partial charge >= 0.3 is 0 Å². The van der Waals surface area contributed by atoms with Gasteiger partial charge in [0.15, 0.2) is 5.16 Å². The van der Waals surface area contributed by atoms with E-state index in [-0.39, 0.29) is 5.91 Å². The monoisotopic (exact) mass is 267 g/mol. The van der Waals surface area contributed by atoms with Gasteiger partial charge in [-0.15, -0.1) is 0 Å². The van der Waals surface area contributed by atoms with Gasteiger partial charge in [0, 0.05) is 31.5 Å². The van der Waals surface area contributed by atoms with Crippen LogP contribution in [-0.2, 0) is 11.8 Å². The maximum Gasteiger partial charge on any atom is 0.233 e. The quantitative estimate of drug-likeness (QED) is 0.789. The Morgan fingerprint density at radius 1 is 1.44 bits per heavy atom. The van der Waals surface area contributed by atoms with Gasteiger partial charge < -0.3 is 9.47 Å². The van der Waals surface area contributed by atoms with E-state index in [0.717, 1.165) is 18.0 Å². The van der Waals surface area contributed by atoms with Crippen molar-refractivity contribution in [3.8, 4) is 0 Å². The van der Waals surface area contributed by atoms with Crippen molar-refractivity contribution in [2.45, 2.75) is 50.4 Å². The molecular weight excluding hydrogens is 246 g/mol. The predicted octanol–water partition coefficient (Wildman–Crippen LogP) is 2.30. The van der Waals surface area contributed by atoms with Crippen molar-refractivity contribution in [2.24, 2.45) is 7.05 Å². The highest BCUT2D eigenvalue weighted by atomic mass is 32.2. The second-order valence-corrected chi connectivity index (χ2v) is 5.98. The Labute approximate surface area is 113 Å². The summed E-state index contributed by atoms with van der Waals surface area (Å²) in [5.41, 5.74) is 0. The van der Waals surface area contributed by atoms with E-state index in [2.05, 4.69) is 23.7 Å². The van der Waals surface area contributed by atoms with Crippen LogP contribution in [-0.4, -0.2) is 38.2 Å². The molecule has 1 fully saturated rings. The minimum Gasteiger partial charge on any atom is -0.337 e. The molecule has 2 unspecified atom stereocenters. The average Bonchev–Trinajstić information content (AvgIpc) is 2.72. The molecule has 2 heterocycles. The van der Waals surface area contributed by atoms with Crippen LogP contribution in [0.1, 0.15) is 33.1 Å². The maximum absolute atomic E-state index is 12.3. The minimum atomic E-state index is 0.239. The molecule has 0 saturated carbocycles. The third-order valence-corrected chi connectivity index (χ3v) is 4.63. The number of rotatable bonds is 3. The summed E-state index contributed by atoms with van der Waals surface area (Å²) >= 11 is 1.52. The van der Waals surface area contributed by atoms with Crippen LogP contribution in [0.3, 0.4) is 0 Å². The van der Waals surface area contributed by atoms with Crippen molar-refractivity contribution >= 4 is 17.7 Å². The number of carbonyl (C=O) groups excluding carboxylic acids is 1. The number of aryl methyl sites for hydroxylation is 1. The second-order valence-electron chi connectivity index (χ2n) is 5.04. The molecule has 100 valence electrons. The van der Waals surface area contributed by atoms with Gasteiger partial charge in [-0.1, -0.05) is 11.8 Å². The molecule has 0 N–H and O–H groups in total. The summed E-state index contributed by atoms with van der Waals surface area (Å²) in [6.07, 6.45) is 7.16. The normalized spacial score (nSPS) is 24.3. The number of carbonyl (C=O) groups is 1. The zero-order valence-electron chi connectivity index (χ0n) is 11.3. The molecule has 4 nitrogen and oxygen atoms in total. The molecule has 0 bridgehead atoms. The molecule has 2 rings (SSSR count). The van der Waals surface area contributed by atoms with Crippen molar-refractivity contribution in [2.75, 3.05) is 5.75 Å². The number of thioether (sulfide) groups is 1. The van der Waals surface area contributed by atoms with E-state index in [1.54, 1.807) is 6.20 Å². The lowest BCUT2D eigenvalue weighted by Crippen LogP contribution is -2.48. The summed E-state index contributed by atoms with van der Waals surface area (Å²) in [4.78, 5) is 18.6. The molecule has 1 aromatic heterocycles. The first kappa shape index (κ1) is 13.5. The van der Waals surface area contributed by atoms with Gasteiger partial charge in [0.2, 0.25) is 5.91 Å². The number of hydrogen-bond donors (Lipinski definition) is 0. The van der Waals surface area contributed by atoms with Gasteiger partial charge in [-0.25, -0.2) is 4.98 Å². The largest absolute Gasteiger partial charge is 0.337 e. The van der Waals surface area contributed by atoms with Gasteiger partial charge in [-0.3, -0.25) is 4.79 Å². The highest BCUT2D eigenvalue weighted by Gasteiger charge is 2.28. The molecule has 1 saturated heterocycles. The molecule has 1 amide bonds. The Morgan fingerprint density at radius 2 is 2.11 bits per heavy atom. The molecule has 5 heteroatoms. The van der Waals surface area contributed by atoms with Crippen LogP contribution in [0.25, 0.3) is 0 Å². The average molecular weight is 267 g/mol. The SMILES string of the molecule is CC1CCCC(C)N1C(=O)CSc1nccn1C. The number of amides is 1. The topological polar surface area (TPSA) is 38.1 Å². The lowest BCUT2D eigenvalue weighted by atomic mass is 9.98. The molecule has 1 aliphatic heterocycles. The Kier molecular flexibility index (Phi) is 4.32. The lowest BCUT2D eigenvalue weighted by molar-refractivity contribution is -0.134. The van der Waals surface area contributed by atoms with Crippen LogP contribution in [0.15, 0.2) is 17.6 Å². The van der Waals surface area contributed by atoms with Crippen molar-refractivity contribution in [3.05, 3.63) is 12.4 Å². The number of nitrogens with zero attached hydrogens (tertiary/aromatic N) is 3. The maximum atomic E-state index is 12.3. The van der Waals surface area contributed by atoms with E-state index < -0.39 is 0 Å². The first-order valence-corrected chi connectivity index (χ1v) is 7.49. The van der Waals surface area contributed by atoms with E-state index in [1.165, 1.54) is 18.2 Å². The highest BCUT2D eigenvalue weighted by molar-refractivity contribution is 7.99. The van der Waals surface area contributed by atoms with Crippen LogP contribution in [0.5, 0.6) is 0 Å². The van der Waals surface area contributed by atoms with Gasteiger partial charge in [-0.2, -0.15) is 0 Å². The molecule has 1 aliphatic rings. The number of piperidine rings is 1. The van der Waals surface area contributed by atoms with E-state index >= 15 is 0 Å². The van der Waals surface area contributed by atoms with Crippen molar-refractivity contribution in [1.29, 1.82) is 0 Å². The van der Waals surface area contributed by atoms with Crippen LogP contribution in [0, 0.1) is 0 Å². The van der Waals surface area contributed by atoms with E-state index in [9.17, 15) is 4.79 Å². The zero-order valence-corrected chi connectivity index (χ0v) is 12.1. The van der Waals surface area contributed by atoms with Gasteiger partial charge in [0.1, 0.15) is 0 Å². The fraction of sp³-hybridized carbons (Fsp3) is 0.692. The first-order chi connectivity index (χ1) is 8.59. The van der Waals surface area contributed by atoms with Gasteiger partial charge in [0.05, 0.1) is 5.75 Å². The number of aromatic nitrogens is 2. The van der Waals surface area contributed by atoms with Crippen molar-refractivity contribution in [1.82, 2.24) is 14.5 Å². The number of likely N-dealkylation sites (tertiary alicyclic amines) is 1. The Hall–Kier alpha value is -0.970. The summed E-state index contributed by atoms with van der Waals surface area (Å²) in [7, 11) is 1.95. The highest BCUT2D eigenvalue weighted by Crippen LogP contribution is 2.24. The summed E-state index contributed by atoms with van der Waals surface area (Å²) < 4.78 is 1.95. The van der Waals surface area contributed by atoms with Crippen molar-refractivity contribution in [3.63, 3.8) is 0 Å².